The first-order valence-corrected chi connectivity index (χ1v) is 18.9. The molecular formula is C36H31I4NO10. The average Bonchev–Trinajstić information content (AvgIpc) is 3.08. The predicted molar refractivity (Wildman–Crippen MR) is 227 cm³/mol. The molecule has 0 fully saturated rings. The van der Waals surface area contributed by atoms with Gasteiger partial charge in [0.15, 0.2) is 40.3 Å². The van der Waals surface area contributed by atoms with Gasteiger partial charge in [-0.2, -0.15) is 0 Å². The van der Waals surface area contributed by atoms with Crippen molar-refractivity contribution in [3.8, 4) is 40.2 Å². The number of phenolic OH excluding ortho intramolecular Hbond substituents is 3. The lowest BCUT2D eigenvalue weighted by atomic mass is 10.1. The molecule has 4 rings (SSSR count). The van der Waals surface area contributed by atoms with Crippen LogP contribution < -0.4 is 19.9 Å². The molecule has 4 aromatic carbocycles. The van der Waals surface area contributed by atoms with Gasteiger partial charge in [-0.25, -0.2) is 0 Å². The smallest absolute Gasteiger partial charge is 0.320 e. The SMILES string of the molecule is COc1cc(/C=C/C(=O)CC(=O)/C=C/c2ccc(O)c(OC)c2)ccc1O.N[C@@H](Cc1cc(I)c(Oc2cc(I)c(O)c(I)c2)c(I)c1)C(=O)O. The minimum atomic E-state index is -1.02. The fourth-order valence-corrected chi connectivity index (χ4v) is 7.98. The first-order chi connectivity index (χ1) is 24.1. The van der Waals surface area contributed by atoms with Crippen LogP contribution in [0.5, 0.6) is 40.2 Å². The van der Waals surface area contributed by atoms with E-state index in [0.29, 0.717) is 41.3 Å². The third kappa shape index (κ3) is 13.1. The van der Waals surface area contributed by atoms with E-state index >= 15 is 0 Å². The second-order valence-corrected chi connectivity index (χ2v) is 15.2. The maximum atomic E-state index is 11.9. The fourth-order valence-electron chi connectivity index (χ4n) is 4.15. The summed E-state index contributed by atoms with van der Waals surface area (Å²) in [6.45, 7) is 0. The van der Waals surface area contributed by atoms with Gasteiger partial charge in [0.05, 0.1) is 34.9 Å². The van der Waals surface area contributed by atoms with Crippen LogP contribution in [0.25, 0.3) is 12.2 Å². The maximum Gasteiger partial charge on any atom is 0.320 e. The number of benzene rings is 4. The van der Waals surface area contributed by atoms with Gasteiger partial charge in [0.1, 0.15) is 17.5 Å². The van der Waals surface area contributed by atoms with Crippen molar-refractivity contribution in [2.75, 3.05) is 14.2 Å². The zero-order chi connectivity index (χ0) is 37.8. The molecule has 0 aliphatic rings. The second kappa shape index (κ2) is 20.2. The van der Waals surface area contributed by atoms with Crippen LogP contribution in [0.4, 0.5) is 0 Å². The molecule has 0 unspecified atom stereocenters. The number of carbonyl (C=O) groups is 3. The number of hydrogen-bond donors (Lipinski definition) is 5. The Bertz CT molecular complexity index is 1860. The third-order valence-corrected chi connectivity index (χ3v) is 9.97. The van der Waals surface area contributed by atoms with Crippen LogP contribution in [0.3, 0.4) is 0 Å². The van der Waals surface area contributed by atoms with Gasteiger partial charge in [-0.05, 0) is 174 Å². The van der Waals surface area contributed by atoms with E-state index in [9.17, 15) is 29.7 Å². The molecule has 0 saturated heterocycles. The van der Waals surface area contributed by atoms with Crippen LogP contribution in [0.2, 0.25) is 0 Å². The molecule has 0 aromatic heterocycles. The summed E-state index contributed by atoms with van der Waals surface area (Å²) in [6, 6.07) is 15.7. The normalized spacial score (nSPS) is 11.5. The Balaban J connectivity index is 0.000000277. The average molecular weight is 1150 g/mol. The van der Waals surface area contributed by atoms with Crippen molar-refractivity contribution < 1.29 is 49.0 Å². The molecule has 0 radical (unpaired) electrons. The Labute approximate surface area is 348 Å². The van der Waals surface area contributed by atoms with Gasteiger partial charge in [-0.1, -0.05) is 24.3 Å². The van der Waals surface area contributed by atoms with Gasteiger partial charge < -0.3 is 40.4 Å². The van der Waals surface area contributed by atoms with Gasteiger partial charge in [-0.15, -0.1) is 0 Å². The number of phenols is 3. The van der Waals surface area contributed by atoms with Gasteiger partial charge in [0.2, 0.25) is 0 Å². The third-order valence-electron chi connectivity index (χ3n) is 6.72. The van der Waals surface area contributed by atoms with Gasteiger partial charge in [-0.3, -0.25) is 14.4 Å². The number of carboxylic acids is 1. The van der Waals surface area contributed by atoms with Crippen LogP contribution in [0.15, 0.2) is 72.8 Å². The van der Waals surface area contributed by atoms with E-state index in [1.165, 1.54) is 38.5 Å². The molecule has 4 aromatic rings. The molecule has 0 heterocycles. The number of rotatable bonds is 13. The first kappa shape index (κ1) is 42.3. The molecule has 0 aliphatic heterocycles. The molecule has 11 nitrogen and oxygen atoms in total. The van der Waals surface area contributed by atoms with Crippen LogP contribution in [0, 0.1) is 14.3 Å². The summed E-state index contributed by atoms with van der Waals surface area (Å²) in [7, 11) is 2.87. The number of aliphatic carboxylic acids is 1. The monoisotopic (exact) mass is 1140 g/mol. The highest BCUT2D eigenvalue weighted by Crippen LogP contribution is 2.37. The largest absolute Gasteiger partial charge is 0.506 e. The van der Waals surface area contributed by atoms with E-state index in [2.05, 4.69) is 90.4 Å². The number of hydrogen-bond acceptors (Lipinski definition) is 10. The van der Waals surface area contributed by atoms with E-state index in [1.54, 1.807) is 48.6 Å². The number of carbonyl (C=O) groups excluding carboxylic acids is 2. The molecule has 51 heavy (non-hydrogen) atoms. The molecule has 0 saturated carbocycles. The van der Waals surface area contributed by atoms with Gasteiger partial charge >= 0.3 is 5.97 Å². The number of aromatic hydroxyl groups is 3. The van der Waals surface area contributed by atoms with Crippen molar-refractivity contribution in [3.63, 3.8) is 0 Å². The van der Waals surface area contributed by atoms with Crippen molar-refractivity contribution in [1.82, 2.24) is 0 Å². The molecule has 0 amide bonds. The number of ketones is 2. The summed E-state index contributed by atoms with van der Waals surface area (Å²) in [4.78, 5) is 34.8. The highest BCUT2D eigenvalue weighted by atomic mass is 127. The summed E-state index contributed by atoms with van der Waals surface area (Å²) in [5.41, 5.74) is 7.77. The predicted octanol–water partition coefficient (Wildman–Crippen LogP) is 7.93. The Hall–Kier alpha value is -3.15. The Morgan fingerprint density at radius 1 is 0.725 bits per heavy atom. The Morgan fingerprint density at radius 3 is 1.59 bits per heavy atom. The molecule has 1 atom stereocenters. The highest BCUT2D eigenvalue weighted by molar-refractivity contribution is 14.1. The second-order valence-electron chi connectivity index (χ2n) is 10.5. The van der Waals surface area contributed by atoms with Crippen LogP contribution in [-0.4, -0.2) is 58.2 Å². The van der Waals surface area contributed by atoms with Crippen molar-refractivity contribution in [2.24, 2.45) is 5.73 Å². The van der Waals surface area contributed by atoms with Gasteiger partial charge in [0.25, 0.3) is 0 Å². The lowest BCUT2D eigenvalue weighted by Gasteiger charge is -2.14. The number of halogens is 4. The topological polar surface area (TPSA) is 186 Å². The summed E-state index contributed by atoms with van der Waals surface area (Å²) in [6.07, 6.45) is 5.70. The highest BCUT2D eigenvalue weighted by Gasteiger charge is 2.17. The number of allylic oxidation sites excluding steroid dienone is 2. The summed E-state index contributed by atoms with van der Waals surface area (Å²) < 4.78 is 19.1. The zero-order valence-corrected chi connectivity index (χ0v) is 35.5. The zero-order valence-electron chi connectivity index (χ0n) is 26.9. The molecule has 268 valence electrons. The summed E-state index contributed by atoms with van der Waals surface area (Å²) in [5, 5.41) is 37.9. The van der Waals surface area contributed by atoms with Crippen LogP contribution in [-0.2, 0) is 20.8 Å². The Kier molecular flexibility index (Phi) is 16.7. The van der Waals surface area contributed by atoms with Crippen molar-refractivity contribution in [1.29, 1.82) is 0 Å². The lowest BCUT2D eigenvalue weighted by Crippen LogP contribution is -2.32. The van der Waals surface area contributed by atoms with Crippen LogP contribution >= 0.6 is 90.4 Å². The maximum absolute atomic E-state index is 11.9. The Morgan fingerprint density at radius 2 is 1.18 bits per heavy atom. The van der Waals surface area contributed by atoms with Crippen molar-refractivity contribution >= 4 is 120 Å². The van der Waals surface area contributed by atoms with Crippen molar-refractivity contribution in [2.45, 2.75) is 18.9 Å². The van der Waals surface area contributed by atoms with E-state index in [4.69, 9.17) is 25.1 Å². The standard InChI is InChI=1S/C21H20O6.C15H11I4NO4/c1-26-20-11-14(5-9-18(20)24)3-7-16(22)13-17(23)8-4-15-6-10-19(25)21(12-15)27-2;16-8-4-7(5-9(17)13(8)21)24-14-10(18)1-6(2-11(14)19)3-12(20)15(22)23/h3-12,24-25H,13H2,1-2H3;1-2,4-5,12,21H,3,20H2,(H,22,23)/b7-3+,8-4+;/t;12-/m.0/s1. The summed E-state index contributed by atoms with van der Waals surface area (Å²) in [5.74, 6) is 0.466. The number of nitrogens with two attached hydrogens (primary N) is 1. The number of methoxy groups -OCH3 is 2. The molecule has 0 spiro atoms. The van der Waals surface area contributed by atoms with E-state index in [-0.39, 0.29) is 41.7 Å². The molecule has 0 aliphatic carbocycles. The number of ether oxygens (including phenoxy) is 3. The van der Waals surface area contributed by atoms with Crippen molar-refractivity contribution in [3.05, 3.63) is 104 Å². The first-order valence-electron chi connectivity index (χ1n) is 14.6. The number of carboxylic acid groups (broad SMARTS) is 1. The van der Waals surface area contributed by atoms with Gasteiger partial charge in [0, 0.05) is 0 Å². The molecule has 15 heteroatoms. The minimum Gasteiger partial charge on any atom is -0.506 e. The van der Waals surface area contributed by atoms with E-state index in [1.807, 2.05) is 12.1 Å². The van der Waals surface area contributed by atoms with E-state index < -0.39 is 12.0 Å². The molecule has 6 N–H and O–H groups in total. The lowest BCUT2D eigenvalue weighted by molar-refractivity contribution is -0.138. The minimum absolute atomic E-state index is 0.00662. The quantitative estimate of drug-likeness (QED) is 0.0498. The van der Waals surface area contributed by atoms with E-state index in [0.717, 1.165) is 12.7 Å². The summed E-state index contributed by atoms with van der Waals surface area (Å²) >= 11 is 8.42. The van der Waals surface area contributed by atoms with Crippen LogP contribution in [0.1, 0.15) is 23.1 Å². The molecule has 0 bridgehead atoms. The molecular weight excluding hydrogens is 1110 g/mol. The fraction of sp³-hybridized carbons (Fsp3) is 0.139.